The molecule has 192 valence electrons. The molecule has 0 aliphatic carbocycles. The summed E-state index contributed by atoms with van der Waals surface area (Å²) >= 11 is 0. The van der Waals surface area contributed by atoms with Gasteiger partial charge in [-0.2, -0.15) is 0 Å². The summed E-state index contributed by atoms with van der Waals surface area (Å²) in [5.41, 5.74) is 3.99. The number of nitrogens with zero attached hydrogens (tertiary/aromatic N) is 2. The van der Waals surface area contributed by atoms with E-state index in [1.807, 2.05) is 37.3 Å². The highest BCUT2D eigenvalue weighted by molar-refractivity contribution is 5.94. The first-order valence-electron chi connectivity index (χ1n) is 12.1. The SMILES string of the molecule is Cc1ccc2c3c(ccc2n1)OC[C@H](CN1CCC(Oc2ccc4c(c2)NC(=O)CC4)CC1)O3.Cl.Cl. The number of piperidine rings is 1. The second kappa shape index (κ2) is 11.1. The van der Waals surface area contributed by atoms with Crippen molar-refractivity contribution in [2.75, 3.05) is 31.6 Å². The van der Waals surface area contributed by atoms with Crippen molar-refractivity contribution in [1.29, 1.82) is 0 Å². The minimum Gasteiger partial charge on any atom is -0.490 e. The molecule has 3 aromatic rings. The van der Waals surface area contributed by atoms with E-state index in [1.54, 1.807) is 0 Å². The van der Waals surface area contributed by atoms with Gasteiger partial charge in [0.1, 0.15) is 24.6 Å². The molecule has 0 radical (unpaired) electrons. The number of rotatable bonds is 4. The summed E-state index contributed by atoms with van der Waals surface area (Å²) < 4.78 is 18.7. The van der Waals surface area contributed by atoms with Crippen molar-refractivity contribution in [3.8, 4) is 17.2 Å². The van der Waals surface area contributed by atoms with Crippen LogP contribution < -0.4 is 19.5 Å². The number of likely N-dealkylation sites (tertiary alicyclic amines) is 1. The van der Waals surface area contributed by atoms with E-state index >= 15 is 0 Å². The second-order valence-corrected chi connectivity index (χ2v) is 9.45. The lowest BCUT2D eigenvalue weighted by Crippen LogP contribution is -2.45. The average Bonchev–Trinajstić information content (AvgIpc) is 2.84. The Morgan fingerprint density at radius 2 is 1.92 bits per heavy atom. The molecule has 0 bridgehead atoms. The van der Waals surface area contributed by atoms with Gasteiger partial charge in [-0.3, -0.25) is 14.7 Å². The minimum atomic E-state index is -0.0128. The number of nitrogens with one attached hydrogen (secondary N) is 1. The number of aryl methyl sites for hydroxylation is 2. The van der Waals surface area contributed by atoms with Gasteiger partial charge >= 0.3 is 0 Å². The fourth-order valence-electron chi connectivity index (χ4n) is 5.08. The number of halogens is 2. The van der Waals surface area contributed by atoms with Crippen LogP contribution in [0.3, 0.4) is 0 Å². The predicted molar refractivity (Wildman–Crippen MR) is 144 cm³/mol. The molecule has 1 aromatic heterocycles. The summed E-state index contributed by atoms with van der Waals surface area (Å²) in [6.45, 7) is 5.28. The van der Waals surface area contributed by atoms with E-state index in [9.17, 15) is 4.79 Å². The molecule has 36 heavy (non-hydrogen) atoms. The van der Waals surface area contributed by atoms with Gasteiger partial charge in [-0.1, -0.05) is 6.07 Å². The maximum Gasteiger partial charge on any atom is 0.224 e. The van der Waals surface area contributed by atoms with Crippen LogP contribution in [0.1, 0.15) is 30.5 Å². The Labute approximate surface area is 223 Å². The molecular weight excluding hydrogens is 501 g/mol. The van der Waals surface area contributed by atoms with Crippen molar-refractivity contribution in [2.45, 2.75) is 44.8 Å². The number of fused-ring (bicyclic) bond motifs is 4. The predicted octanol–water partition coefficient (Wildman–Crippen LogP) is 4.95. The Morgan fingerprint density at radius 1 is 1.08 bits per heavy atom. The lowest BCUT2D eigenvalue weighted by Gasteiger charge is -2.36. The Kier molecular flexibility index (Phi) is 8.13. The molecule has 1 atom stereocenters. The number of hydrogen-bond acceptors (Lipinski definition) is 6. The molecule has 0 spiro atoms. The number of aromatic nitrogens is 1. The standard InChI is InChI=1S/C27H29N3O4.2ClH/c1-17-2-6-22-23(28-17)7-8-25-27(22)34-21(16-32-25)15-30-12-10-19(11-13-30)33-20-5-3-18-4-9-26(31)29-24(18)14-20;;/h2-3,5-8,14,19,21H,4,9-13,15-16H2,1H3,(H,29,31);2*1H/t21-;;/m0../s1. The van der Waals surface area contributed by atoms with E-state index < -0.39 is 0 Å². The molecule has 7 nitrogen and oxygen atoms in total. The molecule has 4 heterocycles. The van der Waals surface area contributed by atoms with Crippen LogP contribution in [-0.4, -0.2) is 54.2 Å². The molecule has 1 N–H and O–H groups in total. The van der Waals surface area contributed by atoms with Gasteiger partial charge in [-0.05, 0) is 62.1 Å². The summed E-state index contributed by atoms with van der Waals surface area (Å²) in [6, 6.07) is 14.1. The average molecular weight is 532 g/mol. The first-order valence-corrected chi connectivity index (χ1v) is 12.1. The zero-order chi connectivity index (χ0) is 23.1. The highest BCUT2D eigenvalue weighted by Crippen LogP contribution is 2.38. The largest absolute Gasteiger partial charge is 0.490 e. The first-order chi connectivity index (χ1) is 16.6. The van der Waals surface area contributed by atoms with Crippen LogP contribution in [0.15, 0.2) is 42.5 Å². The molecule has 3 aliphatic rings. The minimum absolute atomic E-state index is 0. The van der Waals surface area contributed by atoms with Gasteiger partial charge in [0.05, 0.1) is 5.52 Å². The van der Waals surface area contributed by atoms with Crippen LogP contribution in [0.25, 0.3) is 10.9 Å². The highest BCUT2D eigenvalue weighted by atomic mass is 35.5. The summed E-state index contributed by atoms with van der Waals surface area (Å²) in [7, 11) is 0. The number of pyridine rings is 1. The smallest absolute Gasteiger partial charge is 0.224 e. The Morgan fingerprint density at radius 3 is 2.75 bits per heavy atom. The number of carbonyl (C=O) groups is 1. The molecule has 6 rings (SSSR count). The third kappa shape index (κ3) is 5.48. The topological polar surface area (TPSA) is 72.9 Å². The molecule has 0 saturated carbocycles. The van der Waals surface area contributed by atoms with Gasteiger partial charge in [-0.25, -0.2) is 0 Å². The fourth-order valence-corrected chi connectivity index (χ4v) is 5.08. The third-order valence-corrected chi connectivity index (χ3v) is 6.91. The van der Waals surface area contributed by atoms with Crippen molar-refractivity contribution in [3.05, 3.63) is 53.7 Å². The summed E-state index contributed by atoms with van der Waals surface area (Å²) in [5.74, 6) is 2.51. The van der Waals surface area contributed by atoms with Gasteiger partial charge in [-0.15, -0.1) is 24.8 Å². The van der Waals surface area contributed by atoms with Gasteiger partial charge in [0.2, 0.25) is 5.91 Å². The Hall–Kier alpha value is -2.74. The summed E-state index contributed by atoms with van der Waals surface area (Å²) in [4.78, 5) is 18.7. The summed E-state index contributed by atoms with van der Waals surface area (Å²) in [5, 5.41) is 3.96. The zero-order valence-corrected chi connectivity index (χ0v) is 21.8. The van der Waals surface area contributed by atoms with Crippen LogP contribution in [0.2, 0.25) is 0 Å². The highest BCUT2D eigenvalue weighted by Gasteiger charge is 2.28. The van der Waals surface area contributed by atoms with Crippen molar-refractivity contribution in [1.82, 2.24) is 9.88 Å². The normalized spacial score (nSPS) is 19.5. The van der Waals surface area contributed by atoms with Crippen molar-refractivity contribution in [3.63, 3.8) is 0 Å². The van der Waals surface area contributed by atoms with Crippen molar-refractivity contribution in [2.24, 2.45) is 0 Å². The van der Waals surface area contributed by atoms with Crippen LogP contribution in [-0.2, 0) is 11.2 Å². The van der Waals surface area contributed by atoms with E-state index in [0.29, 0.717) is 13.0 Å². The van der Waals surface area contributed by atoms with Crippen LogP contribution >= 0.6 is 24.8 Å². The number of ether oxygens (including phenoxy) is 3. The summed E-state index contributed by atoms with van der Waals surface area (Å²) in [6.07, 6.45) is 3.43. The molecule has 1 fully saturated rings. The number of hydrogen-bond donors (Lipinski definition) is 1. The van der Waals surface area contributed by atoms with Gasteiger partial charge < -0.3 is 19.5 Å². The molecule has 0 unspecified atom stereocenters. The lowest BCUT2D eigenvalue weighted by atomic mass is 10.0. The zero-order valence-electron chi connectivity index (χ0n) is 20.2. The maximum atomic E-state index is 11.7. The van der Waals surface area contributed by atoms with Crippen molar-refractivity contribution >= 4 is 47.3 Å². The molecule has 9 heteroatoms. The van der Waals surface area contributed by atoms with Crippen LogP contribution in [0.5, 0.6) is 17.2 Å². The van der Waals surface area contributed by atoms with E-state index in [0.717, 1.165) is 78.4 Å². The number of amides is 1. The van der Waals surface area contributed by atoms with Crippen LogP contribution in [0.4, 0.5) is 5.69 Å². The van der Waals surface area contributed by atoms with E-state index in [4.69, 9.17) is 14.2 Å². The monoisotopic (exact) mass is 531 g/mol. The van der Waals surface area contributed by atoms with Gasteiger partial charge in [0, 0.05) is 48.9 Å². The lowest BCUT2D eigenvalue weighted by molar-refractivity contribution is -0.116. The quantitative estimate of drug-likeness (QED) is 0.513. The Balaban J connectivity index is 0.00000152. The van der Waals surface area contributed by atoms with E-state index in [2.05, 4.69) is 27.3 Å². The number of benzene rings is 2. The van der Waals surface area contributed by atoms with E-state index in [-0.39, 0.29) is 42.9 Å². The van der Waals surface area contributed by atoms with Gasteiger partial charge in [0.15, 0.2) is 11.5 Å². The fraction of sp³-hybridized carbons (Fsp3) is 0.407. The Bertz CT molecular complexity index is 1250. The molecule has 1 amide bonds. The molecule has 1 saturated heterocycles. The number of carbonyl (C=O) groups excluding carboxylic acids is 1. The molecule has 2 aromatic carbocycles. The van der Waals surface area contributed by atoms with Crippen LogP contribution in [0, 0.1) is 6.92 Å². The third-order valence-electron chi connectivity index (χ3n) is 6.91. The molecular formula is C27H31Cl2N3O4. The van der Waals surface area contributed by atoms with Gasteiger partial charge in [0.25, 0.3) is 0 Å². The second-order valence-electron chi connectivity index (χ2n) is 9.45. The maximum absolute atomic E-state index is 11.7. The first kappa shape index (κ1) is 26.3. The molecule has 3 aliphatic heterocycles. The number of anilines is 1. The van der Waals surface area contributed by atoms with Crippen molar-refractivity contribution < 1.29 is 19.0 Å². The van der Waals surface area contributed by atoms with E-state index in [1.165, 1.54) is 5.56 Å².